The summed E-state index contributed by atoms with van der Waals surface area (Å²) in [5.41, 5.74) is 1.01. The molecule has 1 rings (SSSR count). The Morgan fingerprint density at radius 2 is 1.90 bits per heavy atom. The summed E-state index contributed by atoms with van der Waals surface area (Å²) in [7, 11) is 0. The number of carbonyl (C=O) groups excluding carboxylic acids is 1. The van der Waals surface area contributed by atoms with Crippen LogP contribution >= 0.6 is 0 Å². The Morgan fingerprint density at radius 3 is 2.43 bits per heavy atom. The van der Waals surface area contributed by atoms with Gasteiger partial charge in [0.1, 0.15) is 23.9 Å². The van der Waals surface area contributed by atoms with Crippen LogP contribution in [0.25, 0.3) is 0 Å². The van der Waals surface area contributed by atoms with Crippen LogP contribution in [0.3, 0.4) is 0 Å². The van der Waals surface area contributed by atoms with E-state index in [0.717, 1.165) is 5.56 Å². The van der Waals surface area contributed by atoms with E-state index in [1.807, 2.05) is 0 Å². The van der Waals surface area contributed by atoms with Gasteiger partial charge in [0.05, 0.1) is 12.2 Å². The number of rotatable bonds is 4. The highest BCUT2D eigenvalue weighted by Gasteiger charge is 2.12. The van der Waals surface area contributed by atoms with Crippen molar-refractivity contribution in [3.8, 4) is 18.2 Å². The van der Waals surface area contributed by atoms with E-state index >= 15 is 0 Å². The monoisotopic (exact) mass is 280 g/mol. The number of hydrogen-bond acceptors (Lipinski definition) is 6. The molecule has 21 heavy (non-hydrogen) atoms. The molecule has 1 N–H and O–H groups in total. The molecule has 0 saturated carbocycles. The molecule has 0 heterocycles. The minimum Gasteiger partial charge on any atom is -0.462 e. The molecule has 6 nitrogen and oxygen atoms in total. The van der Waals surface area contributed by atoms with Gasteiger partial charge in [-0.2, -0.15) is 15.8 Å². The maximum atomic E-state index is 11.8. The third-order valence-corrected chi connectivity index (χ3v) is 2.59. The molecular formula is C15H12N4O2. The minimum absolute atomic E-state index is 0.168. The molecule has 0 atom stereocenters. The maximum absolute atomic E-state index is 11.8. The number of hydrogen-bond donors (Lipinski definition) is 1. The number of nitriles is 3. The SMILES string of the molecule is CCOC(=O)c1cc(NC(C#N)=C(C#N)C#N)ccc1C. The Hall–Kier alpha value is -3.30. The van der Waals surface area contributed by atoms with Gasteiger partial charge in [-0.25, -0.2) is 4.79 Å². The number of carbonyl (C=O) groups is 1. The van der Waals surface area contributed by atoms with E-state index in [0.29, 0.717) is 11.3 Å². The second-order valence-electron chi connectivity index (χ2n) is 3.96. The average Bonchev–Trinajstić information content (AvgIpc) is 2.49. The molecule has 0 aliphatic heterocycles. The van der Waals surface area contributed by atoms with Crippen molar-refractivity contribution in [1.29, 1.82) is 15.8 Å². The maximum Gasteiger partial charge on any atom is 0.338 e. The molecule has 0 aliphatic carbocycles. The molecule has 0 bridgehead atoms. The smallest absolute Gasteiger partial charge is 0.338 e. The fraction of sp³-hybridized carbons (Fsp3) is 0.200. The first-order valence-electron chi connectivity index (χ1n) is 6.06. The molecule has 0 spiro atoms. The lowest BCUT2D eigenvalue weighted by atomic mass is 10.1. The topological polar surface area (TPSA) is 110 Å². The van der Waals surface area contributed by atoms with Gasteiger partial charge in [0.15, 0.2) is 5.57 Å². The van der Waals surface area contributed by atoms with Crippen molar-refractivity contribution < 1.29 is 9.53 Å². The van der Waals surface area contributed by atoms with Crippen LogP contribution in [-0.4, -0.2) is 12.6 Å². The number of anilines is 1. The predicted octanol–water partition coefficient (Wildman–Crippen LogP) is 2.41. The molecule has 0 saturated heterocycles. The van der Waals surface area contributed by atoms with Crippen LogP contribution in [0.4, 0.5) is 5.69 Å². The van der Waals surface area contributed by atoms with Gasteiger partial charge in [0, 0.05) is 5.69 Å². The zero-order chi connectivity index (χ0) is 15.8. The van der Waals surface area contributed by atoms with Crippen molar-refractivity contribution in [2.75, 3.05) is 11.9 Å². The highest BCUT2D eigenvalue weighted by atomic mass is 16.5. The van der Waals surface area contributed by atoms with E-state index < -0.39 is 5.97 Å². The summed E-state index contributed by atoms with van der Waals surface area (Å²) < 4.78 is 4.94. The first-order valence-corrected chi connectivity index (χ1v) is 6.06. The molecule has 0 radical (unpaired) electrons. The molecule has 104 valence electrons. The van der Waals surface area contributed by atoms with Gasteiger partial charge < -0.3 is 10.1 Å². The molecule has 0 aromatic heterocycles. The van der Waals surface area contributed by atoms with E-state index in [9.17, 15) is 4.79 Å². The molecule has 0 aliphatic rings. The van der Waals surface area contributed by atoms with E-state index in [4.69, 9.17) is 20.5 Å². The Morgan fingerprint density at radius 1 is 1.24 bits per heavy atom. The van der Waals surface area contributed by atoms with Crippen molar-refractivity contribution in [3.63, 3.8) is 0 Å². The lowest BCUT2D eigenvalue weighted by Crippen LogP contribution is -2.08. The van der Waals surface area contributed by atoms with Gasteiger partial charge in [0.2, 0.25) is 0 Å². The number of benzene rings is 1. The first kappa shape index (κ1) is 15.8. The summed E-state index contributed by atoms with van der Waals surface area (Å²) in [6.07, 6.45) is 0. The van der Waals surface area contributed by atoms with Crippen molar-refractivity contribution in [2.45, 2.75) is 13.8 Å². The van der Waals surface area contributed by atoms with Crippen molar-refractivity contribution in [2.24, 2.45) is 0 Å². The van der Waals surface area contributed by atoms with E-state index in [1.165, 1.54) is 6.07 Å². The minimum atomic E-state index is -0.470. The van der Waals surface area contributed by atoms with Crippen molar-refractivity contribution in [3.05, 3.63) is 40.6 Å². The fourth-order valence-electron chi connectivity index (χ4n) is 1.56. The van der Waals surface area contributed by atoms with E-state index in [1.54, 1.807) is 44.2 Å². The van der Waals surface area contributed by atoms with Gasteiger partial charge in [0.25, 0.3) is 0 Å². The van der Waals surface area contributed by atoms with E-state index in [-0.39, 0.29) is 17.9 Å². The highest BCUT2D eigenvalue weighted by molar-refractivity contribution is 5.92. The van der Waals surface area contributed by atoms with Gasteiger partial charge in [-0.1, -0.05) is 6.07 Å². The normalized spacial score (nSPS) is 8.71. The van der Waals surface area contributed by atoms with Crippen LogP contribution in [0.15, 0.2) is 29.5 Å². The summed E-state index contributed by atoms with van der Waals surface area (Å²) >= 11 is 0. The number of aryl methyl sites for hydroxylation is 1. The molecule has 1 aromatic carbocycles. The Bertz CT molecular complexity index is 699. The van der Waals surface area contributed by atoms with Gasteiger partial charge in [-0.3, -0.25) is 0 Å². The van der Waals surface area contributed by atoms with Crippen molar-refractivity contribution >= 4 is 11.7 Å². The van der Waals surface area contributed by atoms with Crippen LogP contribution in [0.5, 0.6) is 0 Å². The lowest BCUT2D eigenvalue weighted by molar-refractivity contribution is 0.0525. The second-order valence-corrected chi connectivity index (χ2v) is 3.96. The molecular weight excluding hydrogens is 268 g/mol. The number of allylic oxidation sites excluding steroid dienone is 2. The van der Waals surface area contributed by atoms with E-state index in [2.05, 4.69) is 5.32 Å². The third-order valence-electron chi connectivity index (χ3n) is 2.59. The molecule has 0 unspecified atom stereocenters. The fourth-order valence-corrected chi connectivity index (χ4v) is 1.56. The zero-order valence-corrected chi connectivity index (χ0v) is 11.6. The Balaban J connectivity index is 3.18. The first-order chi connectivity index (χ1) is 10.1. The summed E-state index contributed by atoms with van der Waals surface area (Å²) in [6, 6.07) is 9.85. The summed E-state index contributed by atoms with van der Waals surface area (Å²) in [6.45, 7) is 3.72. The molecule has 1 aromatic rings. The van der Waals surface area contributed by atoms with Crippen molar-refractivity contribution in [1.82, 2.24) is 0 Å². The number of nitrogens with one attached hydrogen (secondary N) is 1. The third kappa shape index (κ3) is 3.83. The Kier molecular flexibility index (Phi) is 5.50. The van der Waals surface area contributed by atoms with Crippen LogP contribution in [0, 0.1) is 40.9 Å². The van der Waals surface area contributed by atoms with Crippen LogP contribution in [0.2, 0.25) is 0 Å². The van der Waals surface area contributed by atoms with Crippen LogP contribution < -0.4 is 5.32 Å². The van der Waals surface area contributed by atoms with Gasteiger partial charge >= 0.3 is 5.97 Å². The van der Waals surface area contributed by atoms with Crippen LogP contribution in [0.1, 0.15) is 22.8 Å². The highest BCUT2D eigenvalue weighted by Crippen LogP contribution is 2.18. The second kappa shape index (κ2) is 7.33. The largest absolute Gasteiger partial charge is 0.462 e. The summed E-state index contributed by atoms with van der Waals surface area (Å²) in [5, 5.41) is 29.2. The summed E-state index contributed by atoms with van der Waals surface area (Å²) in [4.78, 5) is 11.8. The van der Waals surface area contributed by atoms with Gasteiger partial charge in [-0.05, 0) is 31.5 Å². The zero-order valence-electron chi connectivity index (χ0n) is 11.6. The average molecular weight is 280 g/mol. The Labute approximate surface area is 122 Å². The number of nitrogens with zero attached hydrogens (tertiary/aromatic N) is 3. The quantitative estimate of drug-likeness (QED) is 0.669. The standard InChI is InChI=1S/C15H12N4O2/c1-3-21-15(20)13-6-12(5-4-10(13)2)19-14(9-18)11(7-16)8-17/h4-6,19H,3H2,1-2H3. The number of ether oxygens (including phenoxy) is 1. The van der Waals surface area contributed by atoms with Gasteiger partial charge in [-0.15, -0.1) is 0 Å². The predicted molar refractivity (Wildman–Crippen MR) is 74.6 cm³/mol. The number of esters is 1. The van der Waals surface area contributed by atoms with Crippen LogP contribution in [-0.2, 0) is 4.74 Å². The molecule has 0 fully saturated rings. The molecule has 0 amide bonds. The molecule has 6 heteroatoms. The lowest BCUT2D eigenvalue weighted by Gasteiger charge is -2.09. The summed E-state index contributed by atoms with van der Waals surface area (Å²) in [5.74, 6) is -0.470.